The summed E-state index contributed by atoms with van der Waals surface area (Å²) in [6, 6.07) is 16.4. The van der Waals surface area contributed by atoms with Crippen molar-refractivity contribution >= 4 is 35.0 Å². The number of nitriles is 1. The highest BCUT2D eigenvalue weighted by atomic mass is 32.2. The SMILES string of the molecule is N#C/C(C(N)=O)=C1\SC(Cc2cccc([N+](=O)[O-])c2)C(=O)N1c1ccccc1. The van der Waals surface area contributed by atoms with Crippen LogP contribution in [-0.2, 0) is 16.0 Å². The molecular formula is C19H14N4O4S. The van der Waals surface area contributed by atoms with Gasteiger partial charge in [0.15, 0.2) is 0 Å². The van der Waals surface area contributed by atoms with Crippen LogP contribution in [0.1, 0.15) is 5.56 Å². The highest BCUT2D eigenvalue weighted by Gasteiger charge is 2.40. The van der Waals surface area contributed by atoms with E-state index in [1.807, 2.05) is 0 Å². The summed E-state index contributed by atoms with van der Waals surface area (Å²) in [4.78, 5) is 36.5. The molecule has 1 fully saturated rings. The second-order valence-corrected chi connectivity index (χ2v) is 7.09. The molecule has 9 heteroatoms. The third kappa shape index (κ3) is 3.72. The fourth-order valence-electron chi connectivity index (χ4n) is 2.82. The van der Waals surface area contributed by atoms with Crippen molar-refractivity contribution in [1.29, 1.82) is 5.26 Å². The van der Waals surface area contributed by atoms with Crippen molar-refractivity contribution in [3.63, 3.8) is 0 Å². The molecule has 8 nitrogen and oxygen atoms in total. The van der Waals surface area contributed by atoms with Crippen LogP contribution in [0.4, 0.5) is 11.4 Å². The van der Waals surface area contributed by atoms with Gasteiger partial charge < -0.3 is 5.73 Å². The number of primary amides is 1. The zero-order valence-corrected chi connectivity index (χ0v) is 15.3. The molecule has 2 amide bonds. The molecule has 0 bridgehead atoms. The molecule has 2 aromatic rings. The molecule has 2 N–H and O–H groups in total. The average molecular weight is 394 g/mol. The number of non-ortho nitro benzene ring substituents is 1. The Morgan fingerprint density at radius 2 is 1.96 bits per heavy atom. The molecule has 0 aliphatic carbocycles. The third-order valence-electron chi connectivity index (χ3n) is 4.08. The summed E-state index contributed by atoms with van der Waals surface area (Å²) in [6.07, 6.45) is 0.204. The number of nitro benzene ring substituents is 1. The Bertz CT molecular complexity index is 1030. The summed E-state index contributed by atoms with van der Waals surface area (Å²) in [5.74, 6) is -1.25. The molecule has 1 unspecified atom stereocenters. The van der Waals surface area contributed by atoms with Gasteiger partial charge in [0, 0.05) is 17.8 Å². The van der Waals surface area contributed by atoms with Gasteiger partial charge in [0.25, 0.3) is 11.6 Å². The van der Waals surface area contributed by atoms with E-state index in [0.717, 1.165) is 11.8 Å². The van der Waals surface area contributed by atoms with Crippen LogP contribution in [0.25, 0.3) is 0 Å². The highest BCUT2D eigenvalue weighted by Crippen LogP contribution is 2.41. The lowest BCUT2D eigenvalue weighted by molar-refractivity contribution is -0.384. The van der Waals surface area contributed by atoms with Gasteiger partial charge in [-0.2, -0.15) is 5.26 Å². The van der Waals surface area contributed by atoms with Gasteiger partial charge in [0.2, 0.25) is 5.91 Å². The van der Waals surface area contributed by atoms with E-state index in [9.17, 15) is 25.0 Å². The van der Waals surface area contributed by atoms with Gasteiger partial charge in [-0.25, -0.2) is 0 Å². The number of carbonyl (C=O) groups excluding carboxylic acids is 2. The van der Waals surface area contributed by atoms with Crippen molar-refractivity contribution < 1.29 is 14.5 Å². The van der Waals surface area contributed by atoms with Gasteiger partial charge in [-0.05, 0) is 24.1 Å². The lowest BCUT2D eigenvalue weighted by Crippen LogP contribution is -2.31. The summed E-state index contributed by atoms with van der Waals surface area (Å²) < 4.78 is 0. The topological polar surface area (TPSA) is 130 Å². The number of hydrogen-bond donors (Lipinski definition) is 1. The Hall–Kier alpha value is -3.64. The quantitative estimate of drug-likeness (QED) is 0.359. The highest BCUT2D eigenvalue weighted by molar-refractivity contribution is 8.05. The van der Waals surface area contributed by atoms with Crippen molar-refractivity contribution in [3.8, 4) is 6.07 Å². The first-order chi connectivity index (χ1) is 13.4. The number of nitrogens with two attached hydrogens (primary N) is 1. The Labute approximate surface area is 164 Å². The van der Waals surface area contributed by atoms with Crippen LogP contribution in [-0.4, -0.2) is 22.0 Å². The van der Waals surface area contributed by atoms with E-state index >= 15 is 0 Å². The monoisotopic (exact) mass is 394 g/mol. The Morgan fingerprint density at radius 3 is 2.57 bits per heavy atom. The Balaban J connectivity index is 2.00. The molecule has 0 saturated carbocycles. The van der Waals surface area contributed by atoms with E-state index in [2.05, 4.69) is 0 Å². The number of para-hydroxylation sites is 1. The average Bonchev–Trinajstić information content (AvgIpc) is 2.99. The lowest BCUT2D eigenvalue weighted by Gasteiger charge is -2.18. The van der Waals surface area contributed by atoms with Crippen LogP contribution in [0, 0.1) is 21.4 Å². The van der Waals surface area contributed by atoms with Gasteiger partial charge in [-0.15, -0.1) is 0 Å². The Kier molecular flexibility index (Phi) is 5.42. The second-order valence-electron chi connectivity index (χ2n) is 5.90. The van der Waals surface area contributed by atoms with Gasteiger partial charge in [-0.1, -0.05) is 42.1 Å². The van der Waals surface area contributed by atoms with Gasteiger partial charge in [0.05, 0.1) is 10.2 Å². The maximum atomic E-state index is 13.1. The number of hydrogen-bond acceptors (Lipinski definition) is 6. The van der Waals surface area contributed by atoms with E-state index in [4.69, 9.17) is 5.73 Å². The number of amides is 2. The molecule has 0 aromatic heterocycles. The number of rotatable bonds is 5. The molecule has 2 aromatic carbocycles. The van der Waals surface area contributed by atoms with Crippen LogP contribution in [0.15, 0.2) is 65.2 Å². The van der Waals surface area contributed by atoms with E-state index in [-0.39, 0.29) is 28.6 Å². The number of nitro groups is 1. The smallest absolute Gasteiger partial charge is 0.269 e. The summed E-state index contributed by atoms with van der Waals surface area (Å²) >= 11 is 1.05. The minimum atomic E-state index is -0.922. The van der Waals surface area contributed by atoms with E-state index in [0.29, 0.717) is 11.3 Å². The van der Waals surface area contributed by atoms with Crippen LogP contribution in [0.2, 0.25) is 0 Å². The van der Waals surface area contributed by atoms with Gasteiger partial charge in [-0.3, -0.25) is 24.6 Å². The zero-order chi connectivity index (χ0) is 20.3. The molecular weight excluding hydrogens is 380 g/mol. The van der Waals surface area contributed by atoms with Crippen molar-refractivity contribution in [3.05, 3.63) is 80.9 Å². The number of nitrogens with zero attached hydrogens (tertiary/aromatic N) is 3. The van der Waals surface area contributed by atoms with Crippen molar-refractivity contribution in [2.45, 2.75) is 11.7 Å². The lowest BCUT2D eigenvalue weighted by atomic mass is 10.1. The molecule has 0 radical (unpaired) electrons. The minimum absolute atomic E-state index is 0.0709. The normalized spacial score (nSPS) is 17.9. The molecule has 1 aliphatic heterocycles. The first kappa shape index (κ1) is 19.1. The van der Waals surface area contributed by atoms with Crippen molar-refractivity contribution in [1.82, 2.24) is 0 Å². The maximum absolute atomic E-state index is 13.1. The minimum Gasteiger partial charge on any atom is -0.365 e. The molecule has 3 rings (SSSR count). The standard InChI is InChI=1S/C19H14N4O4S/c20-11-15(17(21)24)19-22(13-6-2-1-3-7-13)18(25)16(28-19)10-12-5-4-8-14(9-12)23(26)27/h1-9,16H,10H2,(H2,21,24)/b19-15+. The number of anilines is 1. The molecule has 140 valence electrons. The first-order valence-electron chi connectivity index (χ1n) is 8.15. The summed E-state index contributed by atoms with van der Waals surface area (Å²) in [5.41, 5.74) is 6.05. The van der Waals surface area contributed by atoms with Crippen LogP contribution in [0.3, 0.4) is 0 Å². The molecule has 1 heterocycles. The van der Waals surface area contributed by atoms with E-state index < -0.39 is 16.1 Å². The Morgan fingerprint density at radius 1 is 1.25 bits per heavy atom. The molecule has 28 heavy (non-hydrogen) atoms. The number of carbonyl (C=O) groups is 2. The predicted octanol–water partition coefficient (Wildman–Crippen LogP) is 2.51. The number of benzene rings is 2. The molecule has 0 spiro atoms. The summed E-state index contributed by atoms with van der Waals surface area (Å²) in [6.45, 7) is 0. The zero-order valence-electron chi connectivity index (χ0n) is 14.4. The largest absolute Gasteiger partial charge is 0.365 e. The predicted molar refractivity (Wildman–Crippen MR) is 104 cm³/mol. The van der Waals surface area contributed by atoms with Gasteiger partial charge in [0.1, 0.15) is 16.7 Å². The molecule has 1 aliphatic rings. The van der Waals surface area contributed by atoms with Crippen LogP contribution >= 0.6 is 11.8 Å². The van der Waals surface area contributed by atoms with E-state index in [1.54, 1.807) is 48.5 Å². The maximum Gasteiger partial charge on any atom is 0.269 e. The van der Waals surface area contributed by atoms with Crippen LogP contribution < -0.4 is 10.6 Å². The van der Waals surface area contributed by atoms with Gasteiger partial charge >= 0.3 is 0 Å². The summed E-state index contributed by atoms with van der Waals surface area (Å²) in [5, 5.41) is 19.8. The summed E-state index contributed by atoms with van der Waals surface area (Å²) in [7, 11) is 0. The number of thioether (sulfide) groups is 1. The second kappa shape index (κ2) is 7.94. The van der Waals surface area contributed by atoms with Crippen LogP contribution in [0.5, 0.6) is 0 Å². The fourth-order valence-corrected chi connectivity index (χ4v) is 4.14. The van der Waals surface area contributed by atoms with E-state index in [1.165, 1.54) is 17.0 Å². The fraction of sp³-hybridized carbons (Fsp3) is 0.105. The molecule has 1 saturated heterocycles. The first-order valence-corrected chi connectivity index (χ1v) is 9.03. The third-order valence-corrected chi connectivity index (χ3v) is 5.34. The van der Waals surface area contributed by atoms with Crippen molar-refractivity contribution in [2.75, 3.05) is 4.90 Å². The molecule has 1 atom stereocenters. The van der Waals surface area contributed by atoms with Crippen molar-refractivity contribution in [2.24, 2.45) is 5.73 Å².